The molecule has 1 aromatic rings. The summed E-state index contributed by atoms with van der Waals surface area (Å²) >= 11 is 0. The first-order valence-electron chi connectivity index (χ1n) is 6.95. The van der Waals surface area contributed by atoms with Gasteiger partial charge in [-0.25, -0.2) is 0 Å². The number of hydrogen-bond acceptors (Lipinski definition) is 1. The highest BCUT2D eigenvalue weighted by atomic mass is 14.8. The van der Waals surface area contributed by atoms with Gasteiger partial charge in [-0.05, 0) is 67.2 Å². The van der Waals surface area contributed by atoms with Crippen LogP contribution in [0.15, 0.2) is 48.2 Å². The Morgan fingerprint density at radius 3 is 2.63 bits per heavy atom. The van der Waals surface area contributed by atoms with E-state index in [0.717, 1.165) is 12.0 Å². The Balaban J connectivity index is 2.27. The van der Waals surface area contributed by atoms with Crippen LogP contribution >= 0.6 is 0 Å². The minimum Gasteiger partial charge on any atom is -0.394 e. The third-order valence-corrected chi connectivity index (χ3v) is 3.70. The highest BCUT2D eigenvalue weighted by Crippen LogP contribution is 2.32. The fraction of sp³-hybridized carbons (Fsp3) is 0.333. The van der Waals surface area contributed by atoms with E-state index in [-0.39, 0.29) is 0 Å². The summed E-state index contributed by atoms with van der Waals surface area (Å²) in [5, 5.41) is 3.14. The Morgan fingerprint density at radius 1 is 1.21 bits per heavy atom. The van der Waals surface area contributed by atoms with Crippen molar-refractivity contribution in [3.05, 3.63) is 64.9 Å². The van der Waals surface area contributed by atoms with Crippen LogP contribution < -0.4 is 5.32 Å². The van der Waals surface area contributed by atoms with Gasteiger partial charge >= 0.3 is 0 Å². The molecule has 0 amide bonds. The molecule has 0 unspecified atom stereocenters. The van der Waals surface area contributed by atoms with E-state index in [4.69, 9.17) is 0 Å². The molecule has 1 saturated carbocycles. The van der Waals surface area contributed by atoms with Gasteiger partial charge in [-0.3, -0.25) is 0 Å². The Hall–Kier alpha value is -1.76. The topological polar surface area (TPSA) is 12.0 Å². The molecule has 1 aliphatic carbocycles. The lowest BCUT2D eigenvalue weighted by atomic mass is 9.97. The van der Waals surface area contributed by atoms with E-state index in [2.05, 4.69) is 56.2 Å². The molecule has 1 fully saturated rings. The largest absolute Gasteiger partial charge is 0.394 e. The van der Waals surface area contributed by atoms with Crippen LogP contribution in [0.5, 0.6) is 0 Å². The fourth-order valence-corrected chi connectivity index (χ4v) is 2.76. The van der Waals surface area contributed by atoms with E-state index >= 15 is 0 Å². The zero-order valence-electron chi connectivity index (χ0n) is 12.2. The zero-order chi connectivity index (χ0) is 13.8. The minimum atomic E-state index is 1.12. The molecule has 0 aromatic heterocycles. The molecular formula is C18H23N. The second-order valence-electron chi connectivity index (χ2n) is 5.32. The maximum atomic E-state index is 4.25. The van der Waals surface area contributed by atoms with Gasteiger partial charge in [0.1, 0.15) is 0 Å². The maximum absolute atomic E-state index is 4.25. The van der Waals surface area contributed by atoms with Gasteiger partial charge in [-0.15, -0.1) is 0 Å². The molecule has 0 aliphatic heterocycles. The lowest BCUT2D eigenvalue weighted by Crippen LogP contribution is -1.95. The Kier molecular flexibility index (Phi) is 4.26. The molecule has 0 bridgehead atoms. The first-order chi connectivity index (χ1) is 9.11. The van der Waals surface area contributed by atoms with Crippen molar-refractivity contribution in [3.63, 3.8) is 0 Å². The van der Waals surface area contributed by atoms with Gasteiger partial charge in [0.05, 0.1) is 0 Å². The smallest absolute Gasteiger partial charge is 0.00278 e. The third kappa shape index (κ3) is 3.17. The molecule has 1 aromatic carbocycles. The highest BCUT2D eigenvalue weighted by Gasteiger charge is 2.14. The average molecular weight is 253 g/mol. The van der Waals surface area contributed by atoms with Crippen molar-refractivity contribution in [3.8, 4) is 0 Å². The van der Waals surface area contributed by atoms with Crippen LogP contribution in [0.25, 0.3) is 5.57 Å². The SMILES string of the molecule is C=C(/C=C1/CCC/C1=C/NC)c1ccc(C)cc1C. The second-order valence-corrected chi connectivity index (χ2v) is 5.32. The molecule has 1 heteroatoms. The van der Waals surface area contributed by atoms with E-state index in [1.165, 1.54) is 40.7 Å². The predicted octanol–water partition coefficient (Wildman–Crippen LogP) is 4.53. The van der Waals surface area contributed by atoms with Gasteiger partial charge in [-0.1, -0.05) is 36.4 Å². The van der Waals surface area contributed by atoms with Gasteiger partial charge in [0.25, 0.3) is 0 Å². The molecule has 0 radical (unpaired) electrons. The Morgan fingerprint density at radius 2 is 1.95 bits per heavy atom. The normalized spacial score (nSPS) is 19.1. The summed E-state index contributed by atoms with van der Waals surface area (Å²) in [6.45, 7) is 8.53. The van der Waals surface area contributed by atoms with E-state index in [1.807, 2.05) is 7.05 Å². The first-order valence-corrected chi connectivity index (χ1v) is 6.95. The molecule has 0 spiro atoms. The molecule has 1 aliphatic rings. The van der Waals surface area contributed by atoms with Gasteiger partial charge in [0, 0.05) is 7.05 Å². The Bertz CT molecular complexity index is 547. The summed E-state index contributed by atoms with van der Waals surface area (Å²) in [6, 6.07) is 6.56. The molecule has 19 heavy (non-hydrogen) atoms. The fourth-order valence-electron chi connectivity index (χ4n) is 2.76. The zero-order valence-corrected chi connectivity index (χ0v) is 12.2. The maximum Gasteiger partial charge on any atom is 0.00278 e. The molecule has 0 heterocycles. The van der Waals surface area contributed by atoms with E-state index < -0.39 is 0 Å². The molecule has 1 N–H and O–H groups in total. The molecule has 1 nitrogen and oxygen atoms in total. The van der Waals surface area contributed by atoms with Crippen LogP contribution in [0.4, 0.5) is 0 Å². The van der Waals surface area contributed by atoms with Crippen LogP contribution in [0.1, 0.15) is 36.0 Å². The number of aryl methyl sites for hydroxylation is 2. The summed E-state index contributed by atoms with van der Waals surface area (Å²) in [5.74, 6) is 0. The van der Waals surface area contributed by atoms with E-state index in [9.17, 15) is 0 Å². The quantitative estimate of drug-likeness (QED) is 0.834. The number of rotatable bonds is 3. The van der Waals surface area contributed by atoms with Crippen molar-refractivity contribution in [1.29, 1.82) is 0 Å². The van der Waals surface area contributed by atoms with Crippen molar-refractivity contribution >= 4 is 5.57 Å². The summed E-state index contributed by atoms with van der Waals surface area (Å²) < 4.78 is 0. The third-order valence-electron chi connectivity index (χ3n) is 3.70. The van der Waals surface area contributed by atoms with Crippen LogP contribution in [0, 0.1) is 13.8 Å². The van der Waals surface area contributed by atoms with Crippen molar-refractivity contribution in [2.45, 2.75) is 33.1 Å². The number of allylic oxidation sites excluding steroid dienone is 4. The highest BCUT2D eigenvalue weighted by molar-refractivity contribution is 5.76. The minimum absolute atomic E-state index is 1.12. The molecule has 2 rings (SSSR count). The lowest BCUT2D eigenvalue weighted by molar-refractivity contribution is 0.927. The summed E-state index contributed by atoms with van der Waals surface area (Å²) in [6.07, 6.45) is 7.96. The second kappa shape index (κ2) is 5.92. The first kappa shape index (κ1) is 13.7. The molecular weight excluding hydrogens is 230 g/mol. The van der Waals surface area contributed by atoms with Gasteiger partial charge in [0.15, 0.2) is 0 Å². The van der Waals surface area contributed by atoms with E-state index in [0.29, 0.717) is 0 Å². The molecule has 100 valence electrons. The number of benzene rings is 1. The van der Waals surface area contributed by atoms with Crippen molar-refractivity contribution < 1.29 is 0 Å². The standard InChI is InChI=1S/C18H23N/c1-13-8-9-18(14(2)10-13)15(3)11-16-6-5-7-17(16)12-19-4/h8-12,19H,3,5-7H2,1-2,4H3/b16-11-,17-12-. The number of nitrogens with one attached hydrogen (secondary N) is 1. The summed E-state index contributed by atoms with van der Waals surface area (Å²) in [7, 11) is 1.96. The average Bonchev–Trinajstić information content (AvgIpc) is 2.77. The van der Waals surface area contributed by atoms with Gasteiger partial charge in [-0.2, -0.15) is 0 Å². The van der Waals surface area contributed by atoms with E-state index in [1.54, 1.807) is 0 Å². The van der Waals surface area contributed by atoms with Gasteiger partial charge < -0.3 is 5.32 Å². The summed E-state index contributed by atoms with van der Waals surface area (Å²) in [5.41, 5.74) is 7.84. The number of hydrogen-bond donors (Lipinski definition) is 1. The van der Waals surface area contributed by atoms with Crippen molar-refractivity contribution in [2.75, 3.05) is 7.05 Å². The van der Waals surface area contributed by atoms with Gasteiger partial charge in [0.2, 0.25) is 0 Å². The molecule has 0 saturated heterocycles. The molecule has 0 atom stereocenters. The Labute approximate surface area is 116 Å². The van der Waals surface area contributed by atoms with Crippen LogP contribution in [0.3, 0.4) is 0 Å². The van der Waals surface area contributed by atoms with Crippen molar-refractivity contribution in [2.24, 2.45) is 0 Å². The predicted molar refractivity (Wildman–Crippen MR) is 84.0 cm³/mol. The van der Waals surface area contributed by atoms with Crippen LogP contribution in [-0.2, 0) is 0 Å². The summed E-state index contributed by atoms with van der Waals surface area (Å²) in [4.78, 5) is 0. The van der Waals surface area contributed by atoms with Crippen molar-refractivity contribution in [1.82, 2.24) is 5.32 Å². The van der Waals surface area contributed by atoms with Crippen LogP contribution in [-0.4, -0.2) is 7.05 Å². The monoisotopic (exact) mass is 253 g/mol. The lowest BCUT2D eigenvalue weighted by Gasteiger charge is -2.09. The van der Waals surface area contributed by atoms with Crippen LogP contribution in [0.2, 0.25) is 0 Å².